The molecule has 0 saturated heterocycles. The highest BCUT2D eigenvalue weighted by Gasteiger charge is 2.28. The molecule has 0 atom stereocenters. The number of alkyl halides is 3. The van der Waals surface area contributed by atoms with Gasteiger partial charge in [-0.3, -0.25) is 0 Å². The summed E-state index contributed by atoms with van der Waals surface area (Å²) in [6.07, 6.45) is -4.24. The number of nitrogens with zero attached hydrogens (tertiary/aromatic N) is 1. The van der Waals surface area contributed by atoms with Gasteiger partial charge in [0.25, 0.3) is 10.0 Å². The highest BCUT2D eigenvalue weighted by molar-refractivity contribution is 9.10. The van der Waals surface area contributed by atoms with Crippen molar-refractivity contribution in [1.29, 1.82) is 0 Å². The molecule has 3 nitrogen and oxygen atoms in total. The van der Waals surface area contributed by atoms with Crippen LogP contribution in [0.25, 0.3) is 11.1 Å². The topological polar surface area (TPSA) is 37.4 Å². The van der Waals surface area contributed by atoms with Crippen molar-refractivity contribution in [2.45, 2.75) is 18.0 Å². The Kier molecular flexibility index (Phi) is 6.38. The van der Waals surface area contributed by atoms with Crippen molar-refractivity contribution < 1.29 is 21.6 Å². The fraction of sp³-hybridized carbons (Fsp3) is 0.0909. The second-order valence-electron chi connectivity index (χ2n) is 6.50. The van der Waals surface area contributed by atoms with Crippen LogP contribution in [-0.2, 0) is 10.0 Å². The summed E-state index contributed by atoms with van der Waals surface area (Å²) < 4.78 is 65.8. The summed E-state index contributed by atoms with van der Waals surface area (Å²) in [6.45, 7) is 1.79. The fourth-order valence-electron chi connectivity index (χ4n) is 2.76. The summed E-state index contributed by atoms with van der Waals surface area (Å²) in [5.74, 6) is 0. The largest absolute Gasteiger partial charge is 0.411 e. The minimum absolute atomic E-state index is 0.0655. The van der Waals surface area contributed by atoms with Crippen LogP contribution in [0.4, 0.5) is 18.9 Å². The molecule has 3 aromatic rings. The zero-order valence-corrected chi connectivity index (χ0v) is 18.2. The smallest absolute Gasteiger partial charge is 0.241 e. The highest BCUT2D eigenvalue weighted by Crippen LogP contribution is 2.35. The second-order valence-corrected chi connectivity index (χ2v) is 9.17. The molecule has 0 fully saturated rings. The number of hydrogen-bond acceptors (Lipinski definition) is 2. The highest BCUT2D eigenvalue weighted by atomic mass is 79.9. The molecular formula is C22H17BrF3NO2S. The SMILES string of the molecule is Cc1ccc(S(=O)(=O)N(/C=C/C(F)(F)F)c2ccc(-c3ccccc3)cc2Br)cc1. The average molecular weight is 496 g/mol. The van der Waals surface area contributed by atoms with Crippen LogP contribution in [-0.4, -0.2) is 14.6 Å². The lowest BCUT2D eigenvalue weighted by atomic mass is 10.1. The normalized spacial score (nSPS) is 12.3. The Morgan fingerprint density at radius 3 is 2.10 bits per heavy atom. The van der Waals surface area contributed by atoms with E-state index >= 15 is 0 Å². The van der Waals surface area contributed by atoms with E-state index in [2.05, 4.69) is 15.9 Å². The molecule has 0 aliphatic heterocycles. The molecule has 0 radical (unpaired) electrons. The van der Waals surface area contributed by atoms with Crippen LogP contribution in [0.1, 0.15) is 5.56 Å². The first-order valence-corrected chi connectivity index (χ1v) is 11.0. The van der Waals surface area contributed by atoms with Gasteiger partial charge >= 0.3 is 6.18 Å². The van der Waals surface area contributed by atoms with Crippen LogP contribution in [0.15, 0.2) is 94.4 Å². The standard InChI is InChI=1S/C22H17BrF3NO2S/c1-16-7-10-19(11-8-16)30(28,29)27(14-13-22(24,25)26)21-12-9-18(15-20(21)23)17-5-3-2-4-6-17/h2-15H,1H3/b14-13+. The number of allylic oxidation sites excluding steroid dienone is 1. The predicted molar refractivity (Wildman–Crippen MR) is 116 cm³/mol. The maximum Gasteiger partial charge on any atom is 0.411 e. The Morgan fingerprint density at radius 1 is 0.900 bits per heavy atom. The van der Waals surface area contributed by atoms with Gasteiger partial charge in [0, 0.05) is 16.7 Å². The van der Waals surface area contributed by atoms with Crippen LogP contribution >= 0.6 is 15.9 Å². The van der Waals surface area contributed by atoms with Crippen molar-refractivity contribution in [3.8, 4) is 11.1 Å². The monoisotopic (exact) mass is 495 g/mol. The molecule has 8 heteroatoms. The van der Waals surface area contributed by atoms with Gasteiger partial charge in [-0.1, -0.05) is 54.1 Å². The molecule has 3 aromatic carbocycles. The summed E-state index contributed by atoms with van der Waals surface area (Å²) >= 11 is 3.32. The van der Waals surface area contributed by atoms with Gasteiger partial charge in [0.2, 0.25) is 0 Å². The van der Waals surface area contributed by atoms with Crippen molar-refractivity contribution in [2.75, 3.05) is 4.31 Å². The fourth-order valence-corrected chi connectivity index (χ4v) is 4.80. The Morgan fingerprint density at radius 2 is 1.53 bits per heavy atom. The third-order valence-electron chi connectivity index (χ3n) is 4.27. The number of sulfonamides is 1. The average Bonchev–Trinajstić information content (AvgIpc) is 2.69. The molecule has 0 aromatic heterocycles. The second kappa shape index (κ2) is 8.65. The van der Waals surface area contributed by atoms with Gasteiger partial charge in [0.1, 0.15) is 0 Å². The van der Waals surface area contributed by atoms with Crippen molar-refractivity contribution in [2.24, 2.45) is 0 Å². The quantitative estimate of drug-likeness (QED) is 0.395. The first-order valence-electron chi connectivity index (χ1n) is 8.80. The van der Waals surface area contributed by atoms with E-state index in [4.69, 9.17) is 0 Å². The summed E-state index contributed by atoms with van der Waals surface area (Å²) in [6, 6.07) is 20.1. The van der Waals surface area contributed by atoms with E-state index in [-0.39, 0.29) is 16.7 Å². The number of benzene rings is 3. The molecule has 0 aliphatic rings. The first kappa shape index (κ1) is 22.1. The molecule has 0 heterocycles. The number of anilines is 1. The van der Waals surface area contributed by atoms with Crippen molar-refractivity contribution >= 4 is 31.6 Å². The van der Waals surface area contributed by atoms with Gasteiger partial charge < -0.3 is 0 Å². The molecule has 0 spiro atoms. The number of aryl methyl sites for hydroxylation is 1. The zero-order valence-electron chi connectivity index (χ0n) is 15.8. The van der Waals surface area contributed by atoms with Crippen molar-refractivity contribution in [3.63, 3.8) is 0 Å². The number of halogens is 4. The third kappa shape index (κ3) is 5.12. The molecule has 156 valence electrons. The van der Waals surface area contributed by atoms with E-state index in [1.165, 1.54) is 18.2 Å². The predicted octanol–water partition coefficient (Wildman–Crippen LogP) is 6.70. The molecule has 0 amide bonds. The minimum atomic E-state index is -4.67. The summed E-state index contributed by atoms with van der Waals surface area (Å²) in [5.41, 5.74) is 2.58. The van der Waals surface area contributed by atoms with Crippen LogP contribution < -0.4 is 4.31 Å². The molecule has 0 saturated carbocycles. The third-order valence-corrected chi connectivity index (χ3v) is 6.61. The van der Waals surface area contributed by atoms with Gasteiger partial charge in [-0.15, -0.1) is 0 Å². The Labute approximate surface area is 181 Å². The molecule has 3 rings (SSSR count). The van der Waals surface area contributed by atoms with Crippen molar-refractivity contribution in [3.05, 3.63) is 95.1 Å². The lowest BCUT2D eigenvalue weighted by Gasteiger charge is -2.23. The molecule has 0 bridgehead atoms. The van der Waals surface area contributed by atoms with E-state index in [9.17, 15) is 21.6 Å². The van der Waals surface area contributed by atoms with Crippen LogP contribution in [0.3, 0.4) is 0 Å². The summed E-state index contributed by atoms with van der Waals surface area (Å²) in [5, 5.41) is 0. The molecule has 30 heavy (non-hydrogen) atoms. The van der Waals surface area contributed by atoms with E-state index in [0.717, 1.165) is 16.7 Å². The Hall–Kier alpha value is -2.58. The first-order chi connectivity index (χ1) is 14.1. The Balaban J connectivity index is 2.11. The van der Waals surface area contributed by atoms with E-state index in [1.807, 2.05) is 30.3 Å². The molecule has 0 unspecified atom stereocenters. The van der Waals surface area contributed by atoms with Crippen LogP contribution in [0.2, 0.25) is 0 Å². The molecule has 0 aliphatic carbocycles. The van der Waals surface area contributed by atoms with Gasteiger partial charge in [0.15, 0.2) is 0 Å². The number of rotatable bonds is 5. The van der Waals surface area contributed by atoms with E-state index < -0.39 is 16.2 Å². The number of hydrogen-bond donors (Lipinski definition) is 0. The van der Waals surface area contributed by atoms with Gasteiger partial charge in [-0.2, -0.15) is 13.2 Å². The molecular weight excluding hydrogens is 479 g/mol. The van der Waals surface area contributed by atoms with Crippen LogP contribution in [0, 0.1) is 6.92 Å². The van der Waals surface area contributed by atoms with Crippen molar-refractivity contribution in [1.82, 2.24) is 0 Å². The lowest BCUT2D eigenvalue weighted by Crippen LogP contribution is -2.26. The maximum atomic E-state index is 13.2. The van der Waals surface area contributed by atoms with Gasteiger partial charge in [-0.05, 0) is 58.2 Å². The maximum absolute atomic E-state index is 13.2. The zero-order chi connectivity index (χ0) is 21.9. The summed E-state index contributed by atoms with van der Waals surface area (Å²) in [4.78, 5) is -0.112. The lowest BCUT2D eigenvalue weighted by molar-refractivity contribution is -0.0799. The molecule has 0 N–H and O–H groups in total. The van der Waals surface area contributed by atoms with Gasteiger partial charge in [-0.25, -0.2) is 12.7 Å². The van der Waals surface area contributed by atoms with Crippen LogP contribution in [0.5, 0.6) is 0 Å². The van der Waals surface area contributed by atoms with E-state index in [1.54, 1.807) is 31.2 Å². The van der Waals surface area contributed by atoms with E-state index in [0.29, 0.717) is 15.0 Å². The van der Waals surface area contributed by atoms with Gasteiger partial charge in [0.05, 0.1) is 10.6 Å². The minimum Gasteiger partial charge on any atom is -0.241 e. The Bertz CT molecular complexity index is 1160. The summed E-state index contributed by atoms with van der Waals surface area (Å²) in [7, 11) is -4.28.